The van der Waals surface area contributed by atoms with E-state index in [9.17, 15) is 0 Å². The lowest BCUT2D eigenvalue weighted by atomic mass is 10.1. The van der Waals surface area contributed by atoms with Gasteiger partial charge in [-0.25, -0.2) is 0 Å². The Morgan fingerprint density at radius 1 is 0.950 bits per heavy atom. The van der Waals surface area contributed by atoms with E-state index >= 15 is 0 Å². The van der Waals surface area contributed by atoms with E-state index < -0.39 is 0 Å². The Morgan fingerprint density at radius 3 is 2.00 bits per heavy atom. The number of nitrogens with zero attached hydrogens (tertiary/aromatic N) is 1. The van der Waals surface area contributed by atoms with Crippen molar-refractivity contribution in [3.05, 3.63) is 77.9 Å². The van der Waals surface area contributed by atoms with Crippen LogP contribution >= 0.6 is 0 Å². The molecular weight excluding hydrogens is 244 g/mol. The number of allylic oxidation sites excluding steroid dienone is 1. The Labute approximate surface area is 120 Å². The third kappa shape index (κ3) is 3.58. The third-order valence-electron chi connectivity index (χ3n) is 3.13. The predicted octanol–water partition coefficient (Wildman–Crippen LogP) is 4.45. The van der Waals surface area contributed by atoms with E-state index in [4.69, 9.17) is 0 Å². The molecule has 2 nitrogen and oxygen atoms in total. The molecule has 1 N–H and O–H groups in total. The molecule has 0 aliphatic heterocycles. The lowest BCUT2D eigenvalue weighted by Crippen LogP contribution is -2.10. The van der Waals surface area contributed by atoms with E-state index in [-0.39, 0.29) is 0 Å². The quantitative estimate of drug-likeness (QED) is 0.626. The number of nitrogens with one attached hydrogen (secondary N) is 1. The summed E-state index contributed by atoms with van der Waals surface area (Å²) in [7, 11) is 0. The summed E-state index contributed by atoms with van der Waals surface area (Å²) in [6.45, 7) is 4.13. The minimum absolute atomic E-state index is 0.892. The number of hydrogen-bond donors (Lipinski definition) is 1. The molecule has 0 radical (unpaired) electrons. The summed E-state index contributed by atoms with van der Waals surface area (Å²) >= 11 is 0. The number of hydrazone groups is 1. The van der Waals surface area contributed by atoms with Crippen molar-refractivity contribution in [3.8, 4) is 0 Å². The Bertz CT molecular complexity index is 583. The maximum atomic E-state index is 4.56. The fraction of sp³-hybridized carbons (Fsp3) is 0.167. The number of hydrogen-bond acceptors (Lipinski definition) is 2. The van der Waals surface area contributed by atoms with Crippen molar-refractivity contribution in [3.63, 3.8) is 0 Å². The molecule has 102 valence electrons. The van der Waals surface area contributed by atoms with Gasteiger partial charge in [-0.3, -0.25) is 5.43 Å². The largest absolute Gasteiger partial charge is 0.278 e. The molecule has 0 amide bonds. The first-order valence-corrected chi connectivity index (χ1v) is 6.95. The minimum atomic E-state index is 0.892. The van der Waals surface area contributed by atoms with Crippen molar-refractivity contribution in [2.45, 2.75) is 20.3 Å². The molecule has 2 aromatic carbocycles. The maximum absolute atomic E-state index is 4.56. The van der Waals surface area contributed by atoms with Crippen molar-refractivity contribution in [2.75, 3.05) is 0 Å². The van der Waals surface area contributed by atoms with E-state index in [2.05, 4.69) is 41.7 Å². The molecule has 0 bridgehead atoms. The zero-order chi connectivity index (χ0) is 14.2. The molecule has 20 heavy (non-hydrogen) atoms. The Kier molecular flexibility index (Phi) is 5.13. The molecule has 0 saturated heterocycles. The van der Waals surface area contributed by atoms with Crippen molar-refractivity contribution < 1.29 is 0 Å². The van der Waals surface area contributed by atoms with Gasteiger partial charge < -0.3 is 0 Å². The highest BCUT2D eigenvalue weighted by atomic mass is 15.3. The topological polar surface area (TPSA) is 24.4 Å². The van der Waals surface area contributed by atoms with Crippen LogP contribution in [0.3, 0.4) is 0 Å². The second kappa shape index (κ2) is 7.29. The highest BCUT2D eigenvalue weighted by Crippen LogP contribution is 2.11. The molecule has 0 aliphatic carbocycles. The second-order valence-corrected chi connectivity index (χ2v) is 4.46. The molecule has 0 heterocycles. The van der Waals surface area contributed by atoms with Crippen LogP contribution < -0.4 is 5.43 Å². The van der Waals surface area contributed by atoms with E-state index in [1.165, 1.54) is 0 Å². The Hall–Kier alpha value is -2.35. The van der Waals surface area contributed by atoms with Crippen LogP contribution in [0.15, 0.2) is 71.8 Å². The lowest BCUT2D eigenvalue weighted by molar-refractivity contribution is 0.974. The van der Waals surface area contributed by atoms with Gasteiger partial charge in [-0.15, -0.1) is 0 Å². The van der Waals surface area contributed by atoms with Crippen LogP contribution in [0, 0.1) is 0 Å². The number of benzene rings is 2. The van der Waals surface area contributed by atoms with Crippen LogP contribution in [0.2, 0.25) is 0 Å². The summed E-state index contributed by atoms with van der Waals surface area (Å²) in [6.07, 6.45) is 2.93. The SMILES string of the molecule is C/C=C(/N/N=C(\CC)c1ccccc1)c1ccccc1. The Balaban J connectivity index is 2.18. The van der Waals surface area contributed by atoms with Crippen LogP contribution in [-0.2, 0) is 0 Å². The van der Waals surface area contributed by atoms with E-state index in [0.717, 1.165) is 29.0 Å². The fourth-order valence-corrected chi connectivity index (χ4v) is 2.02. The standard InChI is InChI=1S/C18H20N2/c1-3-17(15-11-7-5-8-12-15)19-20-18(4-2)16-13-9-6-10-14-16/h3,5-14,19H,4H2,1-2H3/b17-3+,20-18+. The van der Waals surface area contributed by atoms with Crippen LogP contribution in [0.25, 0.3) is 5.70 Å². The van der Waals surface area contributed by atoms with Gasteiger partial charge in [0.15, 0.2) is 0 Å². The third-order valence-corrected chi connectivity index (χ3v) is 3.13. The molecule has 0 atom stereocenters. The first kappa shape index (κ1) is 14.1. The summed E-state index contributed by atoms with van der Waals surface area (Å²) in [4.78, 5) is 0. The summed E-state index contributed by atoms with van der Waals surface area (Å²) in [5.41, 5.74) is 7.56. The molecule has 0 aliphatic rings. The number of rotatable bonds is 5. The molecule has 0 fully saturated rings. The first-order valence-electron chi connectivity index (χ1n) is 6.95. The van der Waals surface area contributed by atoms with Crippen LogP contribution in [0.5, 0.6) is 0 Å². The fourth-order valence-electron chi connectivity index (χ4n) is 2.02. The Morgan fingerprint density at radius 2 is 1.50 bits per heavy atom. The molecule has 0 aromatic heterocycles. The van der Waals surface area contributed by atoms with Gasteiger partial charge in [0.2, 0.25) is 0 Å². The lowest BCUT2D eigenvalue weighted by Gasteiger charge is -2.09. The normalized spacial score (nSPS) is 12.3. The molecule has 2 rings (SSSR count). The van der Waals surface area contributed by atoms with Gasteiger partial charge in [-0.2, -0.15) is 5.10 Å². The monoisotopic (exact) mass is 264 g/mol. The van der Waals surface area contributed by atoms with Crippen molar-refractivity contribution in [1.82, 2.24) is 5.43 Å². The molecule has 0 saturated carbocycles. The van der Waals surface area contributed by atoms with Crippen LogP contribution in [-0.4, -0.2) is 5.71 Å². The maximum Gasteiger partial charge on any atom is 0.0676 e. The average molecular weight is 264 g/mol. The molecule has 2 aromatic rings. The summed E-state index contributed by atoms with van der Waals surface area (Å²) in [5.74, 6) is 0. The average Bonchev–Trinajstić information content (AvgIpc) is 2.53. The smallest absolute Gasteiger partial charge is 0.0676 e. The molecule has 0 spiro atoms. The van der Waals surface area contributed by atoms with Gasteiger partial charge in [0.05, 0.1) is 11.4 Å². The highest BCUT2D eigenvalue weighted by Gasteiger charge is 2.02. The zero-order valence-corrected chi connectivity index (χ0v) is 12.0. The summed E-state index contributed by atoms with van der Waals surface area (Å²) < 4.78 is 0. The predicted molar refractivity (Wildman–Crippen MR) is 86.5 cm³/mol. The van der Waals surface area contributed by atoms with Gasteiger partial charge in [-0.1, -0.05) is 73.7 Å². The van der Waals surface area contributed by atoms with Crippen LogP contribution in [0.1, 0.15) is 31.4 Å². The first-order chi connectivity index (χ1) is 9.85. The van der Waals surface area contributed by atoms with Gasteiger partial charge in [0.1, 0.15) is 0 Å². The zero-order valence-electron chi connectivity index (χ0n) is 12.0. The van der Waals surface area contributed by atoms with Gasteiger partial charge in [-0.05, 0) is 24.5 Å². The highest BCUT2D eigenvalue weighted by molar-refractivity contribution is 6.00. The van der Waals surface area contributed by atoms with Crippen molar-refractivity contribution in [2.24, 2.45) is 5.10 Å². The molecule has 2 heteroatoms. The van der Waals surface area contributed by atoms with Gasteiger partial charge in [0.25, 0.3) is 0 Å². The summed E-state index contributed by atoms with van der Waals surface area (Å²) in [6, 6.07) is 20.5. The second-order valence-electron chi connectivity index (χ2n) is 4.46. The van der Waals surface area contributed by atoms with Crippen LogP contribution in [0.4, 0.5) is 0 Å². The van der Waals surface area contributed by atoms with Crippen molar-refractivity contribution >= 4 is 11.4 Å². The molecular formula is C18H20N2. The summed E-state index contributed by atoms with van der Waals surface area (Å²) in [5, 5.41) is 4.56. The van der Waals surface area contributed by atoms with E-state index in [1.807, 2.05) is 49.4 Å². The molecule has 0 unspecified atom stereocenters. The van der Waals surface area contributed by atoms with Gasteiger partial charge >= 0.3 is 0 Å². The van der Waals surface area contributed by atoms with Gasteiger partial charge in [0, 0.05) is 0 Å². The minimum Gasteiger partial charge on any atom is -0.278 e. The van der Waals surface area contributed by atoms with Crippen molar-refractivity contribution in [1.29, 1.82) is 0 Å². The van der Waals surface area contributed by atoms with E-state index in [1.54, 1.807) is 0 Å². The van der Waals surface area contributed by atoms with E-state index in [0.29, 0.717) is 0 Å².